The molecule has 0 radical (unpaired) electrons. The van der Waals surface area contributed by atoms with E-state index in [0.29, 0.717) is 17.1 Å². The lowest BCUT2D eigenvalue weighted by Crippen LogP contribution is -2.23. The minimum Gasteiger partial charge on any atom is -0.497 e. The third-order valence-electron chi connectivity index (χ3n) is 4.87. The van der Waals surface area contributed by atoms with Crippen LogP contribution in [0.1, 0.15) is 16.2 Å². The largest absolute Gasteiger partial charge is 0.497 e. The molecule has 2 aromatic carbocycles. The van der Waals surface area contributed by atoms with Crippen LogP contribution in [0.15, 0.2) is 59.4 Å². The zero-order valence-corrected chi connectivity index (χ0v) is 15.8. The van der Waals surface area contributed by atoms with Crippen LogP contribution in [0, 0.1) is 6.92 Å². The smallest absolute Gasteiger partial charge is 0.295 e. The van der Waals surface area contributed by atoms with Gasteiger partial charge in [0.05, 0.1) is 18.5 Å². The maximum Gasteiger partial charge on any atom is 0.295 e. The van der Waals surface area contributed by atoms with E-state index in [9.17, 15) is 9.59 Å². The van der Waals surface area contributed by atoms with Gasteiger partial charge in [-0.05, 0) is 37.3 Å². The zero-order valence-electron chi connectivity index (χ0n) is 15.8. The van der Waals surface area contributed by atoms with E-state index in [4.69, 9.17) is 4.74 Å². The van der Waals surface area contributed by atoms with Crippen LogP contribution in [0.2, 0.25) is 0 Å². The van der Waals surface area contributed by atoms with Crippen molar-refractivity contribution in [3.8, 4) is 11.4 Å². The van der Waals surface area contributed by atoms with Gasteiger partial charge in [-0.2, -0.15) is 0 Å². The molecular formula is C21H20N4O3. The van der Waals surface area contributed by atoms with Crippen LogP contribution < -0.4 is 15.6 Å². The Bertz CT molecular complexity index is 1230. The number of ether oxygens (including phenoxy) is 1. The second kappa shape index (κ2) is 6.77. The van der Waals surface area contributed by atoms with E-state index < -0.39 is 0 Å². The van der Waals surface area contributed by atoms with E-state index >= 15 is 0 Å². The molecule has 7 heteroatoms. The lowest BCUT2D eigenvalue weighted by Gasteiger charge is -2.07. The predicted octanol–water partition coefficient (Wildman–Crippen LogP) is 3.23. The van der Waals surface area contributed by atoms with E-state index in [1.54, 1.807) is 31.8 Å². The average Bonchev–Trinajstić information content (AvgIpc) is 3.23. The fraction of sp³-hybridized carbons (Fsp3) is 0.143. The monoisotopic (exact) mass is 376 g/mol. The molecule has 0 spiro atoms. The fourth-order valence-corrected chi connectivity index (χ4v) is 3.25. The number of fused-ring (bicyclic) bond motifs is 1. The molecule has 0 bridgehead atoms. The highest BCUT2D eigenvalue weighted by atomic mass is 16.5. The summed E-state index contributed by atoms with van der Waals surface area (Å²) in [6, 6.07) is 16.6. The molecular weight excluding hydrogens is 356 g/mol. The summed E-state index contributed by atoms with van der Waals surface area (Å²) in [5.41, 5.74) is 2.54. The summed E-state index contributed by atoms with van der Waals surface area (Å²) < 4.78 is 8.46. The van der Waals surface area contributed by atoms with Gasteiger partial charge in [0, 0.05) is 24.0 Å². The van der Waals surface area contributed by atoms with Gasteiger partial charge in [-0.1, -0.05) is 18.2 Å². The number of amides is 1. The zero-order chi connectivity index (χ0) is 19.8. The van der Waals surface area contributed by atoms with Crippen molar-refractivity contribution in [1.29, 1.82) is 0 Å². The predicted molar refractivity (Wildman–Crippen MR) is 109 cm³/mol. The van der Waals surface area contributed by atoms with E-state index in [-0.39, 0.29) is 17.2 Å². The average molecular weight is 376 g/mol. The van der Waals surface area contributed by atoms with E-state index in [2.05, 4.69) is 10.3 Å². The Kier molecular flexibility index (Phi) is 4.27. The number of aromatic amines is 1. The van der Waals surface area contributed by atoms with E-state index in [1.807, 2.05) is 48.5 Å². The van der Waals surface area contributed by atoms with Crippen molar-refractivity contribution in [3.63, 3.8) is 0 Å². The Balaban J connectivity index is 1.70. The number of methoxy groups -OCH3 is 1. The van der Waals surface area contributed by atoms with Gasteiger partial charge in [-0.15, -0.1) is 0 Å². The standard InChI is InChI=1S/C21H20N4O3/c1-13-19(21(27)25(24(13)2)15-7-5-4-6-8-15)23-20(26)18-11-14-9-10-16(28-3)12-17(14)22-18/h4-12,22H,1-3H3,(H,23,26). The third kappa shape index (κ3) is 2.87. The Morgan fingerprint density at radius 1 is 1.11 bits per heavy atom. The van der Waals surface area contributed by atoms with Gasteiger partial charge in [0.15, 0.2) is 0 Å². The second-order valence-corrected chi connectivity index (χ2v) is 6.53. The van der Waals surface area contributed by atoms with Gasteiger partial charge in [-0.25, -0.2) is 4.68 Å². The number of para-hydroxylation sites is 1. The minimum atomic E-state index is -0.374. The number of benzene rings is 2. The summed E-state index contributed by atoms with van der Waals surface area (Å²) in [4.78, 5) is 28.8. The number of carbonyl (C=O) groups is 1. The normalized spacial score (nSPS) is 11.0. The molecule has 0 saturated carbocycles. The Hall–Kier alpha value is -3.74. The first-order valence-corrected chi connectivity index (χ1v) is 8.81. The molecule has 0 aliphatic rings. The molecule has 0 aliphatic heterocycles. The molecule has 0 fully saturated rings. The number of nitrogens with zero attached hydrogens (tertiary/aromatic N) is 2. The summed E-state index contributed by atoms with van der Waals surface area (Å²) in [6.45, 7) is 1.80. The summed E-state index contributed by atoms with van der Waals surface area (Å²) in [5.74, 6) is 0.326. The summed E-state index contributed by atoms with van der Waals surface area (Å²) in [5, 5.41) is 3.65. The topological polar surface area (TPSA) is 81.0 Å². The van der Waals surface area contributed by atoms with Gasteiger partial charge in [0.1, 0.15) is 17.1 Å². The molecule has 142 valence electrons. The first kappa shape index (κ1) is 17.7. The molecule has 2 heterocycles. The molecule has 2 N–H and O–H groups in total. The van der Waals surface area contributed by atoms with Gasteiger partial charge in [0.2, 0.25) is 0 Å². The number of carbonyl (C=O) groups excluding carboxylic acids is 1. The van der Waals surface area contributed by atoms with Gasteiger partial charge in [0.25, 0.3) is 11.5 Å². The molecule has 0 aliphatic carbocycles. The molecule has 4 aromatic rings. The summed E-state index contributed by atoms with van der Waals surface area (Å²) >= 11 is 0. The number of rotatable bonds is 4. The van der Waals surface area contributed by atoms with Crippen LogP contribution in [0.25, 0.3) is 16.6 Å². The highest BCUT2D eigenvalue weighted by Gasteiger charge is 2.19. The van der Waals surface area contributed by atoms with Gasteiger partial charge < -0.3 is 15.0 Å². The molecule has 2 aromatic heterocycles. The molecule has 0 saturated heterocycles. The van der Waals surface area contributed by atoms with E-state index in [0.717, 1.165) is 16.6 Å². The van der Waals surface area contributed by atoms with Crippen molar-refractivity contribution in [1.82, 2.24) is 14.3 Å². The molecule has 7 nitrogen and oxygen atoms in total. The van der Waals surface area contributed by atoms with Gasteiger partial charge in [-0.3, -0.25) is 14.3 Å². The second-order valence-electron chi connectivity index (χ2n) is 6.53. The lowest BCUT2D eigenvalue weighted by molar-refractivity contribution is 0.102. The van der Waals surface area contributed by atoms with Crippen molar-refractivity contribution in [3.05, 3.63) is 76.3 Å². The summed E-state index contributed by atoms with van der Waals surface area (Å²) in [7, 11) is 3.38. The molecule has 1 amide bonds. The first-order chi connectivity index (χ1) is 13.5. The highest BCUT2D eigenvalue weighted by molar-refractivity contribution is 6.06. The van der Waals surface area contributed by atoms with Crippen molar-refractivity contribution in [2.24, 2.45) is 7.05 Å². The van der Waals surface area contributed by atoms with Crippen LogP contribution in [0.3, 0.4) is 0 Å². The van der Waals surface area contributed by atoms with Crippen LogP contribution >= 0.6 is 0 Å². The fourth-order valence-electron chi connectivity index (χ4n) is 3.25. The van der Waals surface area contributed by atoms with Crippen molar-refractivity contribution < 1.29 is 9.53 Å². The molecule has 0 unspecified atom stereocenters. The SMILES string of the molecule is COc1ccc2cc(C(=O)Nc3c(C)n(C)n(-c4ccccc4)c3=O)[nH]c2c1. The quantitative estimate of drug-likeness (QED) is 0.574. The number of H-pyrrole nitrogens is 1. The van der Waals surface area contributed by atoms with Crippen molar-refractivity contribution >= 4 is 22.5 Å². The van der Waals surface area contributed by atoms with Crippen molar-refractivity contribution in [2.75, 3.05) is 12.4 Å². The molecule has 0 atom stereocenters. The van der Waals surface area contributed by atoms with Crippen LogP contribution in [-0.2, 0) is 7.05 Å². The Morgan fingerprint density at radius 3 is 2.57 bits per heavy atom. The van der Waals surface area contributed by atoms with Crippen LogP contribution in [0.4, 0.5) is 5.69 Å². The van der Waals surface area contributed by atoms with Crippen LogP contribution in [-0.4, -0.2) is 27.4 Å². The number of nitrogens with one attached hydrogen (secondary N) is 2. The van der Waals surface area contributed by atoms with Crippen LogP contribution in [0.5, 0.6) is 5.75 Å². The maximum atomic E-state index is 12.9. The van der Waals surface area contributed by atoms with Gasteiger partial charge >= 0.3 is 0 Å². The lowest BCUT2D eigenvalue weighted by atomic mass is 10.2. The molecule has 4 rings (SSSR count). The number of aromatic nitrogens is 3. The Morgan fingerprint density at radius 2 is 1.86 bits per heavy atom. The first-order valence-electron chi connectivity index (χ1n) is 8.81. The maximum absolute atomic E-state index is 12.9. The highest BCUT2D eigenvalue weighted by Crippen LogP contribution is 2.22. The minimum absolute atomic E-state index is 0.257. The van der Waals surface area contributed by atoms with E-state index in [1.165, 1.54) is 4.68 Å². The Labute approximate surface area is 161 Å². The third-order valence-corrected chi connectivity index (χ3v) is 4.87. The number of anilines is 1. The number of hydrogen-bond acceptors (Lipinski definition) is 3. The molecule has 28 heavy (non-hydrogen) atoms. The van der Waals surface area contributed by atoms with Crippen molar-refractivity contribution in [2.45, 2.75) is 6.92 Å². The summed E-state index contributed by atoms with van der Waals surface area (Å²) in [6.07, 6.45) is 0. The number of hydrogen-bond donors (Lipinski definition) is 2.